The van der Waals surface area contributed by atoms with Crippen LogP contribution in [0.1, 0.15) is 12.8 Å². The van der Waals surface area contributed by atoms with Crippen LogP contribution in [0.25, 0.3) is 0 Å². The summed E-state index contributed by atoms with van der Waals surface area (Å²) in [4.78, 5) is 0. The van der Waals surface area contributed by atoms with E-state index in [1.54, 1.807) is 0 Å². The van der Waals surface area contributed by atoms with E-state index in [4.69, 9.17) is 4.74 Å². The van der Waals surface area contributed by atoms with Gasteiger partial charge in [0.1, 0.15) is 0 Å². The molecule has 3 nitrogen and oxygen atoms in total. The van der Waals surface area contributed by atoms with Crippen molar-refractivity contribution in [2.75, 3.05) is 12.4 Å². The van der Waals surface area contributed by atoms with Gasteiger partial charge in [-0.25, -0.2) is 0 Å². The maximum absolute atomic E-state index is 10.1. The standard InChI is InChI=1S/C5H10O3S.Na/c6-9(7)4-5-2-1-3-8-5;/h5H,1-4H2,(H,6,7);/q;+1/p-1. The minimum absolute atomic E-state index is 0. The smallest absolute Gasteiger partial charge is 0.772 e. The molecule has 0 spiro atoms. The van der Waals surface area contributed by atoms with Crippen molar-refractivity contribution in [1.82, 2.24) is 0 Å². The van der Waals surface area contributed by atoms with Crippen LogP contribution < -0.4 is 29.6 Å². The molecule has 0 N–H and O–H groups in total. The van der Waals surface area contributed by atoms with Crippen LogP contribution in [0.3, 0.4) is 0 Å². The Morgan fingerprint density at radius 3 is 2.80 bits per heavy atom. The van der Waals surface area contributed by atoms with E-state index in [-0.39, 0.29) is 41.4 Å². The molecule has 5 heteroatoms. The van der Waals surface area contributed by atoms with Gasteiger partial charge < -0.3 is 9.29 Å². The van der Waals surface area contributed by atoms with E-state index in [9.17, 15) is 8.76 Å². The van der Waals surface area contributed by atoms with Crippen molar-refractivity contribution in [3.05, 3.63) is 0 Å². The normalized spacial score (nSPS) is 27.5. The molecule has 0 amide bonds. The molecule has 0 aliphatic carbocycles. The van der Waals surface area contributed by atoms with Crippen LogP contribution in [0.2, 0.25) is 0 Å². The molecule has 1 rings (SSSR count). The molecule has 54 valence electrons. The number of ether oxygens (including phenoxy) is 1. The largest absolute Gasteiger partial charge is 1.00 e. The first-order valence-electron chi connectivity index (χ1n) is 2.96. The summed E-state index contributed by atoms with van der Waals surface area (Å²) in [5, 5.41) is 0. The summed E-state index contributed by atoms with van der Waals surface area (Å²) < 4.78 is 25.2. The molecule has 1 fully saturated rings. The second-order valence-electron chi connectivity index (χ2n) is 2.11. The van der Waals surface area contributed by atoms with Crippen LogP contribution >= 0.6 is 0 Å². The number of rotatable bonds is 2. The van der Waals surface area contributed by atoms with E-state index in [1.807, 2.05) is 0 Å². The average Bonchev–Trinajstić information content (AvgIpc) is 2.15. The minimum Gasteiger partial charge on any atom is -0.772 e. The van der Waals surface area contributed by atoms with Crippen molar-refractivity contribution in [2.45, 2.75) is 18.9 Å². The van der Waals surface area contributed by atoms with Crippen LogP contribution in [-0.4, -0.2) is 27.2 Å². The average molecular weight is 172 g/mol. The Morgan fingerprint density at radius 1 is 1.70 bits per heavy atom. The molecule has 1 heterocycles. The van der Waals surface area contributed by atoms with E-state index in [2.05, 4.69) is 0 Å². The van der Waals surface area contributed by atoms with Crippen molar-refractivity contribution >= 4 is 11.1 Å². The van der Waals surface area contributed by atoms with Crippen LogP contribution in [0, 0.1) is 0 Å². The monoisotopic (exact) mass is 172 g/mol. The predicted octanol–water partition coefficient (Wildman–Crippen LogP) is -2.95. The zero-order valence-electron chi connectivity index (χ0n) is 6.04. The number of hydrogen-bond acceptors (Lipinski definition) is 3. The summed E-state index contributed by atoms with van der Waals surface area (Å²) in [5.74, 6) is 0.167. The van der Waals surface area contributed by atoms with Crippen LogP contribution in [0.15, 0.2) is 0 Å². The van der Waals surface area contributed by atoms with Crippen molar-refractivity contribution < 1.29 is 43.1 Å². The Balaban J connectivity index is 0.000000810. The summed E-state index contributed by atoms with van der Waals surface area (Å²) >= 11 is -1.93. The van der Waals surface area contributed by atoms with E-state index >= 15 is 0 Å². The van der Waals surface area contributed by atoms with Gasteiger partial charge in [0, 0.05) is 12.4 Å². The first-order valence-corrected chi connectivity index (χ1v) is 4.21. The van der Waals surface area contributed by atoms with Gasteiger partial charge in [0.15, 0.2) is 0 Å². The van der Waals surface area contributed by atoms with E-state index in [0.29, 0.717) is 0 Å². The molecule has 1 saturated heterocycles. The third-order valence-electron chi connectivity index (χ3n) is 1.35. The Bertz CT molecular complexity index is 113. The van der Waals surface area contributed by atoms with Crippen molar-refractivity contribution in [2.24, 2.45) is 0 Å². The molecular weight excluding hydrogens is 163 g/mol. The van der Waals surface area contributed by atoms with Crippen LogP contribution in [0.5, 0.6) is 0 Å². The first kappa shape index (κ1) is 11.1. The molecule has 0 saturated carbocycles. The molecule has 0 radical (unpaired) electrons. The Hall–Kier alpha value is 1.07. The summed E-state index contributed by atoms with van der Waals surface area (Å²) in [6, 6.07) is 0. The molecule has 0 aromatic carbocycles. The van der Waals surface area contributed by atoms with Crippen LogP contribution in [-0.2, 0) is 15.8 Å². The number of hydrogen-bond donors (Lipinski definition) is 0. The first-order chi connectivity index (χ1) is 4.29. The Labute approximate surface area is 85.1 Å². The second kappa shape index (κ2) is 5.69. The zero-order valence-corrected chi connectivity index (χ0v) is 8.86. The summed E-state index contributed by atoms with van der Waals surface area (Å²) in [6.07, 6.45) is 1.87. The van der Waals surface area contributed by atoms with E-state index in [1.165, 1.54) is 0 Å². The Kier molecular flexibility index (Phi) is 6.29. The zero-order chi connectivity index (χ0) is 6.69. The van der Waals surface area contributed by atoms with Crippen LogP contribution in [0.4, 0.5) is 0 Å². The third kappa shape index (κ3) is 4.05. The molecular formula is C5H9NaO3S. The predicted molar refractivity (Wildman–Crippen MR) is 32.8 cm³/mol. The topological polar surface area (TPSA) is 49.4 Å². The SMILES string of the molecule is O=S([O-])CC1CCCO1.[Na+]. The molecule has 0 aromatic heterocycles. The molecule has 0 aromatic rings. The van der Waals surface area contributed by atoms with Gasteiger partial charge in [0.05, 0.1) is 6.10 Å². The quantitative estimate of drug-likeness (QED) is 0.330. The summed E-state index contributed by atoms with van der Waals surface area (Å²) in [7, 11) is 0. The summed E-state index contributed by atoms with van der Waals surface area (Å²) in [6.45, 7) is 0.724. The summed E-state index contributed by atoms with van der Waals surface area (Å²) in [5.41, 5.74) is 0. The van der Waals surface area contributed by atoms with Gasteiger partial charge in [-0.15, -0.1) is 0 Å². The second-order valence-corrected chi connectivity index (χ2v) is 3.05. The van der Waals surface area contributed by atoms with Crippen molar-refractivity contribution in [3.8, 4) is 0 Å². The van der Waals surface area contributed by atoms with Gasteiger partial charge >= 0.3 is 29.6 Å². The molecule has 0 bridgehead atoms. The van der Waals surface area contributed by atoms with E-state index in [0.717, 1.165) is 19.4 Å². The maximum Gasteiger partial charge on any atom is 1.00 e. The van der Waals surface area contributed by atoms with Gasteiger partial charge in [0.2, 0.25) is 0 Å². The molecule has 2 atom stereocenters. The van der Waals surface area contributed by atoms with Crippen molar-refractivity contribution in [1.29, 1.82) is 0 Å². The fourth-order valence-electron chi connectivity index (χ4n) is 0.928. The van der Waals surface area contributed by atoms with Gasteiger partial charge in [0.25, 0.3) is 0 Å². The fourth-order valence-corrected chi connectivity index (χ4v) is 1.49. The van der Waals surface area contributed by atoms with Crippen molar-refractivity contribution in [3.63, 3.8) is 0 Å². The molecule has 10 heavy (non-hydrogen) atoms. The van der Waals surface area contributed by atoms with Gasteiger partial charge in [-0.1, -0.05) is 11.1 Å². The molecule has 1 aliphatic heterocycles. The van der Waals surface area contributed by atoms with Gasteiger partial charge in [-0.3, -0.25) is 4.21 Å². The Morgan fingerprint density at radius 2 is 2.40 bits per heavy atom. The fraction of sp³-hybridized carbons (Fsp3) is 1.00. The molecule has 2 unspecified atom stereocenters. The van der Waals surface area contributed by atoms with Gasteiger partial charge in [-0.05, 0) is 12.8 Å². The maximum atomic E-state index is 10.1. The molecule has 1 aliphatic rings. The van der Waals surface area contributed by atoms with E-state index < -0.39 is 11.1 Å². The van der Waals surface area contributed by atoms with Gasteiger partial charge in [-0.2, -0.15) is 0 Å². The minimum atomic E-state index is -1.93. The third-order valence-corrected chi connectivity index (χ3v) is 1.99.